The molecule has 0 saturated heterocycles. The molecule has 0 aliphatic heterocycles. The first-order valence-corrected chi connectivity index (χ1v) is 6.53. The number of amides is 1. The van der Waals surface area contributed by atoms with Crippen molar-refractivity contribution in [1.29, 1.82) is 0 Å². The van der Waals surface area contributed by atoms with Crippen molar-refractivity contribution in [2.45, 2.75) is 46.2 Å². The van der Waals surface area contributed by atoms with Crippen LogP contribution in [0.25, 0.3) is 0 Å². The lowest BCUT2D eigenvalue weighted by Crippen LogP contribution is -2.50. The fourth-order valence-corrected chi connectivity index (χ4v) is 1.65. The summed E-state index contributed by atoms with van der Waals surface area (Å²) in [6.07, 6.45) is 0.991. The average molecular weight is 243 g/mol. The van der Waals surface area contributed by atoms with E-state index in [2.05, 4.69) is 43.2 Å². The lowest BCUT2D eigenvalue weighted by molar-refractivity contribution is -0.124. The van der Waals surface area contributed by atoms with Crippen LogP contribution in [0.4, 0.5) is 0 Å². The first-order valence-electron chi connectivity index (χ1n) is 6.53. The van der Waals surface area contributed by atoms with E-state index in [-0.39, 0.29) is 11.9 Å². The monoisotopic (exact) mass is 243 g/mol. The SMILES string of the molecule is CC(C)N[C@@H](C(=O)NCCCN(C)C)C(C)C. The van der Waals surface area contributed by atoms with Crippen LogP contribution < -0.4 is 10.6 Å². The van der Waals surface area contributed by atoms with Crippen LogP contribution >= 0.6 is 0 Å². The van der Waals surface area contributed by atoms with E-state index in [9.17, 15) is 4.79 Å². The Morgan fingerprint density at radius 1 is 1.18 bits per heavy atom. The number of hydrogen-bond donors (Lipinski definition) is 2. The molecule has 2 N–H and O–H groups in total. The van der Waals surface area contributed by atoms with Gasteiger partial charge in [0.25, 0.3) is 0 Å². The highest BCUT2D eigenvalue weighted by Gasteiger charge is 2.21. The Labute approximate surface area is 106 Å². The minimum absolute atomic E-state index is 0.0886. The minimum atomic E-state index is -0.0886. The van der Waals surface area contributed by atoms with E-state index < -0.39 is 0 Å². The highest BCUT2D eigenvalue weighted by molar-refractivity contribution is 5.82. The normalized spacial score (nSPS) is 13.5. The van der Waals surface area contributed by atoms with Crippen molar-refractivity contribution in [3.63, 3.8) is 0 Å². The molecule has 0 bridgehead atoms. The molecular weight excluding hydrogens is 214 g/mol. The second-order valence-corrected chi connectivity index (χ2v) is 5.49. The van der Waals surface area contributed by atoms with Gasteiger partial charge in [-0.15, -0.1) is 0 Å². The summed E-state index contributed by atoms with van der Waals surface area (Å²) in [4.78, 5) is 14.1. The molecule has 0 aliphatic carbocycles. The summed E-state index contributed by atoms with van der Waals surface area (Å²) in [6, 6.07) is 0.240. The average Bonchev–Trinajstić information content (AvgIpc) is 2.19. The Balaban J connectivity index is 3.98. The van der Waals surface area contributed by atoms with Gasteiger partial charge in [0.2, 0.25) is 5.91 Å². The number of nitrogens with zero attached hydrogens (tertiary/aromatic N) is 1. The number of hydrogen-bond acceptors (Lipinski definition) is 3. The summed E-state index contributed by atoms with van der Waals surface area (Å²) in [5, 5.41) is 6.30. The minimum Gasteiger partial charge on any atom is -0.355 e. The second kappa shape index (κ2) is 8.48. The predicted octanol–water partition coefficient (Wildman–Crippen LogP) is 1.08. The Morgan fingerprint density at radius 3 is 2.18 bits per heavy atom. The standard InChI is InChI=1S/C13H29N3O/c1-10(2)12(15-11(3)4)13(17)14-8-7-9-16(5)6/h10-12,15H,7-9H2,1-6H3,(H,14,17)/t12-/m1/s1. The van der Waals surface area contributed by atoms with E-state index in [1.54, 1.807) is 0 Å². The summed E-state index contributed by atoms with van der Waals surface area (Å²) in [7, 11) is 4.08. The summed E-state index contributed by atoms with van der Waals surface area (Å²) >= 11 is 0. The molecule has 0 heterocycles. The summed E-state index contributed by atoms with van der Waals surface area (Å²) in [5.74, 6) is 0.429. The zero-order valence-corrected chi connectivity index (χ0v) is 12.2. The molecule has 0 rings (SSSR count). The van der Waals surface area contributed by atoms with Crippen LogP contribution in [0.15, 0.2) is 0 Å². The second-order valence-electron chi connectivity index (χ2n) is 5.49. The van der Waals surface area contributed by atoms with Crippen molar-refractivity contribution >= 4 is 5.91 Å². The maximum atomic E-state index is 12.0. The van der Waals surface area contributed by atoms with Crippen LogP contribution in [0.3, 0.4) is 0 Å². The molecule has 0 aromatic rings. The molecule has 0 aliphatic rings. The van der Waals surface area contributed by atoms with E-state index in [1.165, 1.54) is 0 Å². The van der Waals surface area contributed by atoms with Crippen molar-refractivity contribution in [3.8, 4) is 0 Å². The van der Waals surface area contributed by atoms with Crippen molar-refractivity contribution < 1.29 is 4.79 Å². The third kappa shape index (κ3) is 8.16. The van der Waals surface area contributed by atoms with Crippen molar-refractivity contribution in [2.24, 2.45) is 5.92 Å². The summed E-state index contributed by atoms with van der Waals surface area (Å²) < 4.78 is 0. The van der Waals surface area contributed by atoms with Crippen molar-refractivity contribution in [2.75, 3.05) is 27.2 Å². The molecule has 4 heteroatoms. The first-order chi connectivity index (χ1) is 7.84. The fraction of sp³-hybridized carbons (Fsp3) is 0.923. The predicted molar refractivity (Wildman–Crippen MR) is 73.1 cm³/mol. The Kier molecular flexibility index (Phi) is 8.17. The van der Waals surface area contributed by atoms with Crippen molar-refractivity contribution in [1.82, 2.24) is 15.5 Å². The van der Waals surface area contributed by atoms with Crippen LogP contribution in [-0.2, 0) is 4.79 Å². The van der Waals surface area contributed by atoms with E-state index >= 15 is 0 Å². The van der Waals surface area contributed by atoms with Gasteiger partial charge in [0.15, 0.2) is 0 Å². The number of carbonyl (C=O) groups excluding carboxylic acids is 1. The highest BCUT2D eigenvalue weighted by Crippen LogP contribution is 2.03. The lowest BCUT2D eigenvalue weighted by atomic mass is 10.0. The molecule has 0 unspecified atom stereocenters. The van der Waals surface area contributed by atoms with Gasteiger partial charge in [0.1, 0.15) is 0 Å². The largest absolute Gasteiger partial charge is 0.355 e. The molecule has 0 spiro atoms. The number of rotatable bonds is 8. The Hall–Kier alpha value is -0.610. The van der Waals surface area contributed by atoms with Gasteiger partial charge in [-0.2, -0.15) is 0 Å². The molecular formula is C13H29N3O. The first kappa shape index (κ1) is 16.4. The van der Waals surface area contributed by atoms with Crippen LogP contribution in [0.2, 0.25) is 0 Å². The highest BCUT2D eigenvalue weighted by atomic mass is 16.2. The molecule has 1 atom stereocenters. The maximum absolute atomic E-state index is 12.0. The third-order valence-corrected chi connectivity index (χ3v) is 2.54. The molecule has 0 saturated carbocycles. The third-order valence-electron chi connectivity index (χ3n) is 2.54. The van der Waals surface area contributed by atoms with Crippen LogP contribution in [0, 0.1) is 5.92 Å². The maximum Gasteiger partial charge on any atom is 0.237 e. The molecule has 102 valence electrons. The molecule has 0 radical (unpaired) electrons. The fourth-order valence-electron chi connectivity index (χ4n) is 1.65. The zero-order chi connectivity index (χ0) is 13.4. The van der Waals surface area contributed by atoms with Gasteiger partial charge >= 0.3 is 0 Å². The van der Waals surface area contributed by atoms with Crippen LogP contribution in [-0.4, -0.2) is 50.1 Å². The van der Waals surface area contributed by atoms with Gasteiger partial charge in [-0.3, -0.25) is 4.79 Å². The topological polar surface area (TPSA) is 44.4 Å². The zero-order valence-electron chi connectivity index (χ0n) is 12.2. The van der Waals surface area contributed by atoms with Gasteiger partial charge in [-0.1, -0.05) is 27.7 Å². The van der Waals surface area contributed by atoms with Gasteiger partial charge in [-0.25, -0.2) is 0 Å². The Bertz CT molecular complexity index is 215. The number of carbonyl (C=O) groups is 1. The molecule has 0 fully saturated rings. The van der Waals surface area contributed by atoms with Gasteiger partial charge in [0, 0.05) is 12.6 Å². The van der Waals surface area contributed by atoms with E-state index in [1.807, 2.05) is 14.1 Å². The quantitative estimate of drug-likeness (QED) is 0.627. The Morgan fingerprint density at radius 2 is 1.76 bits per heavy atom. The smallest absolute Gasteiger partial charge is 0.237 e. The lowest BCUT2D eigenvalue weighted by Gasteiger charge is -2.24. The summed E-state index contributed by atoms with van der Waals surface area (Å²) in [6.45, 7) is 10.0. The summed E-state index contributed by atoms with van der Waals surface area (Å²) in [5.41, 5.74) is 0. The van der Waals surface area contributed by atoms with E-state index in [0.717, 1.165) is 19.5 Å². The van der Waals surface area contributed by atoms with Gasteiger partial charge in [0.05, 0.1) is 6.04 Å². The van der Waals surface area contributed by atoms with Crippen LogP contribution in [0.5, 0.6) is 0 Å². The molecule has 0 aromatic carbocycles. The van der Waals surface area contributed by atoms with Gasteiger partial charge in [-0.05, 0) is 33.0 Å². The molecule has 0 aromatic heterocycles. The van der Waals surface area contributed by atoms with Crippen molar-refractivity contribution in [3.05, 3.63) is 0 Å². The molecule has 1 amide bonds. The van der Waals surface area contributed by atoms with Gasteiger partial charge < -0.3 is 15.5 Å². The molecule has 4 nitrogen and oxygen atoms in total. The van der Waals surface area contributed by atoms with Crippen LogP contribution in [0.1, 0.15) is 34.1 Å². The molecule has 17 heavy (non-hydrogen) atoms. The number of nitrogens with one attached hydrogen (secondary N) is 2. The van der Waals surface area contributed by atoms with E-state index in [4.69, 9.17) is 0 Å². The van der Waals surface area contributed by atoms with E-state index in [0.29, 0.717) is 12.0 Å².